The molecule has 1 aromatic heterocycles. The van der Waals surface area contributed by atoms with E-state index in [-0.39, 0.29) is 5.91 Å². The summed E-state index contributed by atoms with van der Waals surface area (Å²) in [4.78, 5) is 16.8. The van der Waals surface area contributed by atoms with Crippen LogP contribution in [0, 0.1) is 20.8 Å². The lowest BCUT2D eigenvalue weighted by molar-refractivity contribution is 0.102. The predicted molar refractivity (Wildman–Crippen MR) is 88.2 cm³/mol. The van der Waals surface area contributed by atoms with Gasteiger partial charge in [-0.3, -0.25) is 10.1 Å². The highest BCUT2D eigenvalue weighted by Crippen LogP contribution is 2.27. The Morgan fingerprint density at radius 3 is 2.76 bits per heavy atom. The molecule has 3 nitrogen and oxygen atoms in total. The summed E-state index contributed by atoms with van der Waals surface area (Å²) in [7, 11) is 0. The van der Waals surface area contributed by atoms with Crippen LogP contribution in [-0.4, -0.2) is 10.9 Å². The van der Waals surface area contributed by atoms with Gasteiger partial charge in [0.15, 0.2) is 5.13 Å². The maximum absolute atomic E-state index is 12.4. The van der Waals surface area contributed by atoms with Crippen molar-refractivity contribution >= 4 is 32.6 Å². The van der Waals surface area contributed by atoms with Crippen molar-refractivity contribution in [2.75, 3.05) is 5.32 Å². The van der Waals surface area contributed by atoms with E-state index in [9.17, 15) is 4.79 Å². The van der Waals surface area contributed by atoms with Gasteiger partial charge in [-0.2, -0.15) is 0 Å². The first kappa shape index (κ1) is 13.8. The zero-order valence-corrected chi connectivity index (χ0v) is 13.0. The SMILES string of the molecule is Cc1ccc2nc(NC(=O)c3cccc(C)c3C)sc2c1. The number of rotatable bonds is 2. The van der Waals surface area contributed by atoms with Crippen LogP contribution in [0.15, 0.2) is 36.4 Å². The molecule has 0 radical (unpaired) electrons. The maximum Gasteiger partial charge on any atom is 0.257 e. The molecule has 0 aliphatic rings. The number of fused-ring (bicyclic) bond motifs is 1. The van der Waals surface area contributed by atoms with Gasteiger partial charge >= 0.3 is 0 Å². The molecule has 4 heteroatoms. The minimum absolute atomic E-state index is 0.105. The zero-order valence-electron chi connectivity index (χ0n) is 12.2. The molecule has 2 aromatic carbocycles. The Hall–Kier alpha value is -2.20. The number of carbonyl (C=O) groups is 1. The molecule has 3 rings (SSSR count). The van der Waals surface area contributed by atoms with Gasteiger partial charge < -0.3 is 0 Å². The quantitative estimate of drug-likeness (QED) is 0.758. The van der Waals surface area contributed by atoms with E-state index in [0.717, 1.165) is 21.3 Å². The van der Waals surface area contributed by atoms with Gasteiger partial charge in [-0.15, -0.1) is 0 Å². The lowest BCUT2D eigenvalue weighted by Crippen LogP contribution is -2.13. The fourth-order valence-corrected chi connectivity index (χ4v) is 3.21. The topological polar surface area (TPSA) is 42.0 Å². The molecule has 21 heavy (non-hydrogen) atoms. The van der Waals surface area contributed by atoms with Crippen molar-refractivity contribution < 1.29 is 4.79 Å². The molecule has 0 bridgehead atoms. The first-order valence-electron chi connectivity index (χ1n) is 6.79. The Bertz CT molecular complexity index is 836. The van der Waals surface area contributed by atoms with E-state index in [0.29, 0.717) is 10.7 Å². The Balaban J connectivity index is 1.91. The summed E-state index contributed by atoms with van der Waals surface area (Å²) in [5.74, 6) is -0.105. The van der Waals surface area contributed by atoms with Crippen LogP contribution >= 0.6 is 11.3 Å². The lowest BCUT2D eigenvalue weighted by Gasteiger charge is -2.07. The van der Waals surface area contributed by atoms with Gasteiger partial charge in [-0.25, -0.2) is 4.98 Å². The Kier molecular flexibility index (Phi) is 3.47. The zero-order chi connectivity index (χ0) is 15.0. The Labute approximate surface area is 127 Å². The third-order valence-corrected chi connectivity index (χ3v) is 4.55. The molecule has 1 amide bonds. The molecule has 3 aromatic rings. The van der Waals surface area contributed by atoms with Gasteiger partial charge in [0.1, 0.15) is 0 Å². The number of thiazole rings is 1. The summed E-state index contributed by atoms with van der Waals surface area (Å²) >= 11 is 1.50. The highest BCUT2D eigenvalue weighted by atomic mass is 32.1. The van der Waals surface area contributed by atoms with Gasteiger partial charge in [-0.1, -0.05) is 29.5 Å². The van der Waals surface area contributed by atoms with Crippen LogP contribution in [0.1, 0.15) is 27.0 Å². The average Bonchev–Trinajstić information content (AvgIpc) is 2.83. The fraction of sp³-hybridized carbons (Fsp3) is 0.176. The van der Waals surface area contributed by atoms with Crippen LogP contribution in [0.3, 0.4) is 0 Å². The van der Waals surface area contributed by atoms with Gasteiger partial charge in [0.25, 0.3) is 5.91 Å². The molecular formula is C17H16N2OS. The summed E-state index contributed by atoms with van der Waals surface area (Å²) in [5.41, 5.74) is 4.93. The summed E-state index contributed by atoms with van der Waals surface area (Å²) < 4.78 is 1.09. The van der Waals surface area contributed by atoms with E-state index in [1.807, 2.05) is 51.1 Å². The molecule has 0 fully saturated rings. The molecule has 0 saturated carbocycles. The minimum atomic E-state index is -0.105. The standard InChI is InChI=1S/C17H16N2OS/c1-10-7-8-14-15(9-10)21-17(18-14)19-16(20)13-6-4-5-11(2)12(13)3/h4-9H,1-3H3,(H,18,19,20). The van der Waals surface area contributed by atoms with Crippen molar-refractivity contribution in [2.45, 2.75) is 20.8 Å². The predicted octanol–water partition coefficient (Wildman–Crippen LogP) is 4.47. The highest BCUT2D eigenvalue weighted by Gasteiger charge is 2.12. The number of aromatic nitrogens is 1. The third-order valence-electron chi connectivity index (χ3n) is 3.61. The van der Waals surface area contributed by atoms with Crippen LogP contribution in [0.4, 0.5) is 5.13 Å². The molecule has 1 N–H and O–H groups in total. The molecule has 0 atom stereocenters. The second kappa shape index (κ2) is 5.30. The molecule has 1 heterocycles. The number of nitrogens with one attached hydrogen (secondary N) is 1. The van der Waals surface area contributed by atoms with Crippen LogP contribution in [0.5, 0.6) is 0 Å². The van der Waals surface area contributed by atoms with Crippen LogP contribution < -0.4 is 5.32 Å². The van der Waals surface area contributed by atoms with E-state index in [1.165, 1.54) is 16.9 Å². The van der Waals surface area contributed by atoms with Crippen molar-refractivity contribution in [1.29, 1.82) is 0 Å². The highest BCUT2D eigenvalue weighted by molar-refractivity contribution is 7.22. The molecule has 0 spiro atoms. The Morgan fingerprint density at radius 2 is 1.95 bits per heavy atom. The van der Waals surface area contributed by atoms with Crippen molar-refractivity contribution in [3.05, 3.63) is 58.7 Å². The van der Waals surface area contributed by atoms with Crippen LogP contribution in [-0.2, 0) is 0 Å². The molecule has 106 valence electrons. The number of amides is 1. The number of anilines is 1. The summed E-state index contributed by atoms with van der Waals surface area (Å²) in [6.07, 6.45) is 0. The molecule has 0 unspecified atom stereocenters. The van der Waals surface area contributed by atoms with E-state index < -0.39 is 0 Å². The molecule has 0 aliphatic heterocycles. The van der Waals surface area contributed by atoms with Gasteiger partial charge in [0.05, 0.1) is 10.2 Å². The second-order valence-corrected chi connectivity index (χ2v) is 6.22. The van der Waals surface area contributed by atoms with Crippen LogP contribution in [0.2, 0.25) is 0 Å². The summed E-state index contributed by atoms with van der Waals surface area (Å²) in [5, 5.41) is 3.54. The van der Waals surface area contributed by atoms with Gasteiger partial charge in [0.2, 0.25) is 0 Å². The molecule has 0 aliphatic carbocycles. The molecular weight excluding hydrogens is 280 g/mol. The minimum Gasteiger partial charge on any atom is -0.298 e. The number of aryl methyl sites for hydroxylation is 2. The average molecular weight is 296 g/mol. The first-order chi connectivity index (χ1) is 10.0. The molecule has 0 saturated heterocycles. The summed E-state index contributed by atoms with van der Waals surface area (Å²) in [6, 6.07) is 11.8. The smallest absolute Gasteiger partial charge is 0.257 e. The van der Waals surface area contributed by atoms with E-state index in [1.54, 1.807) is 0 Å². The van der Waals surface area contributed by atoms with Crippen molar-refractivity contribution in [3.8, 4) is 0 Å². The van der Waals surface area contributed by atoms with E-state index in [4.69, 9.17) is 0 Å². The van der Waals surface area contributed by atoms with Crippen molar-refractivity contribution in [3.63, 3.8) is 0 Å². The van der Waals surface area contributed by atoms with Crippen LogP contribution in [0.25, 0.3) is 10.2 Å². The number of nitrogens with zero attached hydrogens (tertiary/aromatic N) is 1. The number of hydrogen-bond acceptors (Lipinski definition) is 3. The van der Waals surface area contributed by atoms with E-state index >= 15 is 0 Å². The van der Waals surface area contributed by atoms with Crippen molar-refractivity contribution in [1.82, 2.24) is 4.98 Å². The number of hydrogen-bond donors (Lipinski definition) is 1. The maximum atomic E-state index is 12.4. The van der Waals surface area contributed by atoms with Crippen molar-refractivity contribution in [2.24, 2.45) is 0 Å². The summed E-state index contributed by atoms with van der Waals surface area (Å²) in [6.45, 7) is 6.02. The normalized spacial score (nSPS) is 10.8. The third kappa shape index (κ3) is 2.67. The second-order valence-electron chi connectivity index (χ2n) is 5.19. The van der Waals surface area contributed by atoms with E-state index in [2.05, 4.69) is 16.4 Å². The fourth-order valence-electron chi connectivity index (χ4n) is 2.25. The van der Waals surface area contributed by atoms with Gasteiger partial charge in [0, 0.05) is 5.56 Å². The van der Waals surface area contributed by atoms with Gasteiger partial charge in [-0.05, 0) is 55.7 Å². The number of carbonyl (C=O) groups excluding carboxylic acids is 1. The number of benzene rings is 2. The Morgan fingerprint density at radius 1 is 1.14 bits per heavy atom. The monoisotopic (exact) mass is 296 g/mol. The lowest BCUT2D eigenvalue weighted by atomic mass is 10.0. The largest absolute Gasteiger partial charge is 0.298 e. The first-order valence-corrected chi connectivity index (χ1v) is 7.61.